The minimum atomic E-state index is -0.871. The first-order chi connectivity index (χ1) is 10.1. The van der Waals surface area contributed by atoms with Crippen molar-refractivity contribution in [3.05, 3.63) is 64.3 Å². The predicted octanol–water partition coefficient (Wildman–Crippen LogP) is 4.85. The van der Waals surface area contributed by atoms with Crippen LogP contribution in [-0.2, 0) is 0 Å². The number of para-hydroxylation sites is 1. The number of fused-ring (bicyclic) bond motifs is 1. The molecule has 1 N–H and O–H groups in total. The van der Waals surface area contributed by atoms with Crippen LogP contribution in [0.15, 0.2) is 52.9 Å². The SMILES string of the molecule is OC(COc1ccc(Cl)cc1)c1cc2cccc(Cl)c2o1. The molecule has 0 aliphatic heterocycles. The largest absolute Gasteiger partial charge is 0.490 e. The van der Waals surface area contributed by atoms with E-state index in [2.05, 4.69) is 0 Å². The quantitative estimate of drug-likeness (QED) is 0.746. The van der Waals surface area contributed by atoms with Crippen LogP contribution in [0.3, 0.4) is 0 Å². The van der Waals surface area contributed by atoms with Gasteiger partial charge in [0.2, 0.25) is 0 Å². The van der Waals surface area contributed by atoms with Gasteiger partial charge < -0.3 is 14.3 Å². The molecule has 108 valence electrons. The molecule has 0 aliphatic carbocycles. The van der Waals surface area contributed by atoms with Gasteiger partial charge in [0, 0.05) is 10.4 Å². The number of ether oxygens (including phenoxy) is 1. The minimum Gasteiger partial charge on any atom is -0.490 e. The molecule has 1 heterocycles. The Morgan fingerprint density at radius 1 is 1.10 bits per heavy atom. The molecule has 0 fully saturated rings. The molecule has 3 aromatic rings. The summed E-state index contributed by atoms with van der Waals surface area (Å²) in [7, 11) is 0. The summed E-state index contributed by atoms with van der Waals surface area (Å²) in [6.45, 7) is 0.0824. The second-order valence-electron chi connectivity index (χ2n) is 4.59. The Hall–Kier alpha value is -1.68. The number of halogens is 2. The maximum atomic E-state index is 10.1. The van der Waals surface area contributed by atoms with E-state index in [0.29, 0.717) is 27.1 Å². The third-order valence-corrected chi connectivity index (χ3v) is 3.61. The van der Waals surface area contributed by atoms with E-state index in [9.17, 15) is 5.11 Å². The molecule has 0 saturated heterocycles. The van der Waals surface area contributed by atoms with Gasteiger partial charge in [-0.25, -0.2) is 0 Å². The predicted molar refractivity (Wildman–Crippen MR) is 83.1 cm³/mol. The normalized spacial score (nSPS) is 12.5. The summed E-state index contributed by atoms with van der Waals surface area (Å²) in [5.74, 6) is 1.06. The van der Waals surface area contributed by atoms with E-state index in [1.165, 1.54) is 0 Å². The number of furan rings is 1. The first kappa shape index (κ1) is 14.3. The Morgan fingerprint density at radius 3 is 2.57 bits per heavy atom. The molecule has 2 aromatic carbocycles. The van der Waals surface area contributed by atoms with Crippen molar-refractivity contribution in [1.82, 2.24) is 0 Å². The average Bonchev–Trinajstić information content (AvgIpc) is 2.92. The van der Waals surface area contributed by atoms with Gasteiger partial charge in [-0.3, -0.25) is 0 Å². The van der Waals surface area contributed by atoms with E-state index in [1.54, 1.807) is 36.4 Å². The lowest BCUT2D eigenvalue weighted by Crippen LogP contribution is -2.08. The zero-order chi connectivity index (χ0) is 14.8. The lowest BCUT2D eigenvalue weighted by Gasteiger charge is -2.10. The summed E-state index contributed by atoms with van der Waals surface area (Å²) in [5.41, 5.74) is 0.569. The Balaban J connectivity index is 1.73. The van der Waals surface area contributed by atoms with Crippen molar-refractivity contribution in [3.8, 4) is 5.75 Å². The summed E-state index contributed by atoms with van der Waals surface area (Å²) in [4.78, 5) is 0. The summed E-state index contributed by atoms with van der Waals surface area (Å²) in [5, 5.41) is 12.1. The summed E-state index contributed by atoms with van der Waals surface area (Å²) in [6, 6.07) is 14.1. The molecule has 1 atom stereocenters. The summed E-state index contributed by atoms with van der Waals surface area (Å²) >= 11 is 11.8. The molecule has 0 amide bonds. The Bertz CT molecular complexity index is 750. The highest BCUT2D eigenvalue weighted by Gasteiger charge is 2.15. The van der Waals surface area contributed by atoms with Crippen LogP contribution in [-0.4, -0.2) is 11.7 Å². The number of aliphatic hydroxyl groups is 1. The maximum Gasteiger partial charge on any atom is 0.152 e. The smallest absolute Gasteiger partial charge is 0.152 e. The number of aliphatic hydroxyl groups excluding tert-OH is 1. The van der Waals surface area contributed by atoms with Crippen molar-refractivity contribution in [1.29, 1.82) is 0 Å². The molecule has 0 aliphatic rings. The van der Waals surface area contributed by atoms with E-state index < -0.39 is 6.10 Å². The van der Waals surface area contributed by atoms with Crippen molar-refractivity contribution < 1.29 is 14.3 Å². The van der Waals surface area contributed by atoms with Crippen molar-refractivity contribution in [2.75, 3.05) is 6.61 Å². The van der Waals surface area contributed by atoms with Gasteiger partial charge in [0.15, 0.2) is 5.58 Å². The van der Waals surface area contributed by atoms with E-state index in [1.807, 2.05) is 12.1 Å². The molecule has 3 nitrogen and oxygen atoms in total. The molecule has 0 radical (unpaired) electrons. The van der Waals surface area contributed by atoms with Crippen molar-refractivity contribution in [3.63, 3.8) is 0 Å². The fraction of sp³-hybridized carbons (Fsp3) is 0.125. The van der Waals surface area contributed by atoms with Crippen LogP contribution in [0.2, 0.25) is 10.0 Å². The van der Waals surface area contributed by atoms with E-state index >= 15 is 0 Å². The third kappa shape index (κ3) is 3.16. The lowest BCUT2D eigenvalue weighted by molar-refractivity contribution is 0.0903. The highest BCUT2D eigenvalue weighted by atomic mass is 35.5. The van der Waals surface area contributed by atoms with Crippen LogP contribution in [0.5, 0.6) is 5.75 Å². The fourth-order valence-electron chi connectivity index (χ4n) is 2.00. The topological polar surface area (TPSA) is 42.6 Å². The summed E-state index contributed by atoms with van der Waals surface area (Å²) in [6.07, 6.45) is -0.871. The van der Waals surface area contributed by atoms with Crippen LogP contribution < -0.4 is 4.74 Å². The average molecular weight is 323 g/mol. The van der Waals surface area contributed by atoms with Gasteiger partial charge in [0.1, 0.15) is 24.2 Å². The van der Waals surface area contributed by atoms with E-state index in [-0.39, 0.29) is 6.61 Å². The first-order valence-electron chi connectivity index (χ1n) is 6.38. The van der Waals surface area contributed by atoms with Gasteiger partial charge in [-0.15, -0.1) is 0 Å². The molecule has 0 spiro atoms. The van der Waals surface area contributed by atoms with Crippen LogP contribution in [0, 0.1) is 0 Å². The van der Waals surface area contributed by atoms with Crippen LogP contribution in [0.1, 0.15) is 11.9 Å². The third-order valence-electron chi connectivity index (χ3n) is 3.07. The molecule has 5 heteroatoms. The molecule has 0 bridgehead atoms. The van der Waals surface area contributed by atoms with Gasteiger partial charge >= 0.3 is 0 Å². The molecular weight excluding hydrogens is 311 g/mol. The first-order valence-corrected chi connectivity index (χ1v) is 7.13. The minimum absolute atomic E-state index is 0.0824. The molecule has 21 heavy (non-hydrogen) atoms. The molecule has 1 unspecified atom stereocenters. The van der Waals surface area contributed by atoms with Crippen LogP contribution in [0.4, 0.5) is 0 Å². The van der Waals surface area contributed by atoms with Crippen LogP contribution in [0.25, 0.3) is 11.0 Å². The maximum absolute atomic E-state index is 10.1. The van der Waals surface area contributed by atoms with Gasteiger partial charge in [0.05, 0.1) is 5.02 Å². The lowest BCUT2D eigenvalue weighted by atomic mass is 10.2. The van der Waals surface area contributed by atoms with E-state index in [0.717, 1.165) is 5.39 Å². The second-order valence-corrected chi connectivity index (χ2v) is 5.43. The number of rotatable bonds is 4. The standard InChI is InChI=1S/C16H12Cl2O3/c17-11-4-6-12(7-5-11)20-9-14(19)15-8-10-2-1-3-13(18)16(10)21-15/h1-8,14,19H,9H2. The fourth-order valence-corrected chi connectivity index (χ4v) is 2.35. The van der Waals surface area contributed by atoms with Gasteiger partial charge in [0.25, 0.3) is 0 Å². The molecule has 1 aromatic heterocycles. The van der Waals surface area contributed by atoms with Crippen molar-refractivity contribution >= 4 is 34.2 Å². The monoisotopic (exact) mass is 322 g/mol. The summed E-state index contributed by atoms with van der Waals surface area (Å²) < 4.78 is 11.1. The van der Waals surface area contributed by atoms with Crippen molar-refractivity contribution in [2.24, 2.45) is 0 Å². The zero-order valence-electron chi connectivity index (χ0n) is 10.9. The van der Waals surface area contributed by atoms with Gasteiger partial charge in [-0.1, -0.05) is 35.3 Å². The number of hydrogen-bond acceptors (Lipinski definition) is 3. The Kier molecular flexibility index (Phi) is 4.06. The molecule has 0 saturated carbocycles. The van der Waals surface area contributed by atoms with Gasteiger partial charge in [-0.2, -0.15) is 0 Å². The number of benzene rings is 2. The van der Waals surface area contributed by atoms with Gasteiger partial charge in [-0.05, 0) is 36.4 Å². The molecular formula is C16H12Cl2O3. The zero-order valence-corrected chi connectivity index (χ0v) is 12.4. The van der Waals surface area contributed by atoms with Crippen molar-refractivity contribution in [2.45, 2.75) is 6.10 Å². The Morgan fingerprint density at radius 2 is 1.86 bits per heavy atom. The molecule has 3 rings (SSSR count). The second kappa shape index (κ2) is 5.98. The Labute approximate surface area is 131 Å². The highest BCUT2D eigenvalue weighted by Crippen LogP contribution is 2.29. The number of hydrogen-bond donors (Lipinski definition) is 1. The van der Waals surface area contributed by atoms with E-state index in [4.69, 9.17) is 32.4 Å². The highest BCUT2D eigenvalue weighted by molar-refractivity contribution is 6.34. The van der Waals surface area contributed by atoms with Crippen LogP contribution >= 0.6 is 23.2 Å².